The zero-order chi connectivity index (χ0) is 54.8. The molecule has 10 heteroatoms. The van der Waals surface area contributed by atoms with Crippen molar-refractivity contribution in [1.29, 1.82) is 0 Å². The standard InChI is InChI=1S/C68H106N4O2S4/c1-5-9-13-17-21-25-27-31-35-39-45-55(43-37-33-29-23-19-15-11-7-3)53-71-63(65-69-51-59(77-65)57-47-41-49-75-57)61-62(67(71)73)64(66-70-52-60(78-66)58-48-42-50-76-58)72(68(61)74)54-56(44-38-34-30-24-20-16-12-8-4)46-40-36-32-28-26-22-18-14-10-6-2/h41-42,47-52,55-56H,5-40,43-46,53-54H2,1-4H3. The molecule has 6 rings (SSSR count). The first-order valence-corrected chi connectivity index (χ1v) is 36.0. The second-order valence-corrected chi connectivity index (χ2v) is 27.4. The van der Waals surface area contributed by atoms with Crippen molar-refractivity contribution in [2.45, 2.75) is 285 Å². The smallest absolute Gasteiger partial charge is 0.261 e. The molecule has 0 aromatic carbocycles. The summed E-state index contributed by atoms with van der Waals surface area (Å²) in [6, 6.07) is 8.51. The van der Waals surface area contributed by atoms with E-state index in [-0.39, 0.29) is 11.8 Å². The Hall–Kier alpha value is -2.92. The average Bonchev–Trinajstić information content (AvgIpc) is 4.42. The van der Waals surface area contributed by atoms with Crippen LogP contribution in [0.1, 0.15) is 295 Å². The lowest BCUT2D eigenvalue weighted by molar-refractivity contribution is -0.124. The number of thiazole rings is 2. The summed E-state index contributed by atoms with van der Waals surface area (Å²) >= 11 is 6.72. The van der Waals surface area contributed by atoms with E-state index >= 15 is 9.59 Å². The van der Waals surface area contributed by atoms with Gasteiger partial charge in [-0.05, 0) is 60.4 Å². The highest BCUT2D eigenvalue weighted by Crippen LogP contribution is 2.50. The Morgan fingerprint density at radius 2 is 0.641 bits per heavy atom. The number of carbonyl (C=O) groups excluding carboxylic acids is 2. The fraction of sp³-hybridized carbons (Fsp3) is 0.706. The van der Waals surface area contributed by atoms with Gasteiger partial charge in [-0.15, -0.1) is 45.3 Å². The highest BCUT2D eigenvalue weighted by molar-refractivity contribution is 7.22. The number of thiophene rings is 2. The largest absolute Gasteiger partial charge is 0.304 e. The van der Waals surface area contributed by atoms with Crippen molar-refractivity contribution in [2.75, 3.05) is 13.1 Å². The second-order valence-electron chi connectivity index (χ2n) is 23.5. The Bertz CT molecular complexity index is 2110. The van der Waals surface area contributed by atoms with Crippen LogP contribution in [0.2, 0.25) is 0 Å². The molecular formula is C68H106N4O2S4. The van der Waals surface area contributed by atoms with Crippen molar-refractivity contribution in [3.05, 3.63) is 68.6 Å². The molecule has 78 heavy (non-hydrogen) atoms. The summed E-state index contributed by atoms with van der Waals surface area (Å²) in [5.74, 6) is 0.661. The molecule has 0 bridgehead atoms. The molecular weight excluding hydrogens is 1030 g/mol. The molecule has 2 unspecified atom stereocenters. The lowest BCUT2D eigenvalue weighted by Crippen LogP contribution is -2.35. The van der Waals surface area contributed by atoms with Crippen LogP contribution in [0.4, 0.5) is 0 Å². The van der Waals surface area contributed by atoms with Gasteiger partial charge < -0.3 is 9.80 Å². The maximum atomic E-state index is 15.9. The molecule has 2 aliphatic rings. The summed E-state index contributed by atoms with van der Waals surface area (Å²) in [6.07, 6.45) is 55.5. The Morgan fingerprint density at radius 1 is 0.372 bits per heavy atom. The Kier molecular flexibility index (Phi) is 31.9. The lowest BCUT2D eigenvalue weighted by atomic mass is 9.93. The minimum Gasteiger partial charge on any atom is -0.304 e. The summed E-state index contributed by atoms with van der Waals surface area (Å²) in [5.41, 5.74) is 2.65. The van der Waals surface area contributed by atoms with Gasteiger partial charge in [-0.1, -0.05) is 271 Å². The summed E-state index contributed by atoms with van der Waals surface area (Å²) in [7, 11) is 0. The van der Waals surface area contributed by atoms with E-state index in [0.717, 1.165) is 56.8 Å². The summed E-state index contributed by atoms with van der Waals surface area (Å²) in [4.78, 5) is 50.7. The predicted octanol–water partition coefficient (Wildman–Crippen LogP) is 22.8. The first-order chi connectivity index (χ1) is 38.5. The third kappa shape index (κ3) is 21.4. The zero-order valence-corrected chi connectivity index (χ0v) is 53.0. The number of carbonyl (C=O) groups is 2. The van der Waals surface area contributed by atoms with Gasteiger partial charge in [-0.2, -0.15) is 0 Å². The summed E-state index contributed by atoms with van der Waals surface area (Å²) < 4.78 is 0. The van der Waals surface area contributed by atoms with Crippen LogP contribution in [0.25, 0.3) is 30.9 Å². The average molecular weight is 1140 g/mol. The van der Waals surface area contributed by atoms with E-state index in [1.165, 1.54) is 241 Å². The number of amides is 2. The molecule has 0 fully saturated rings. The molecule has 2 atom stereocenters. The molecule has 0 N–H and O–H groups in total. The van der Waals surface area contributed by atoms with Gasteiger partial charge in [0.15, 0.2) is 0 Å². The molecule has 4 aromatic heterocycles. The molecule has 0 saturated heterocycles. The Morgan fingerprint density at radius 3 is 0.897 bits per heavy atom. The van der Waals surface area contributed by atoms with Crippen LogP contribution in [0.5, 0.6) is 0 Å². The van der Waals surface area contributed by atoms with Gasteiger partial charge in [0.25, 0.3) is 11.8 Å². The Labute approximate surface area is 492 Å². The van der Waals surface area contributed by atoms with Crippen molar-refractivity contribution in [3.63, 3.8) is 0 Å². The van der Waals surface area contributed by atoms with Gasteiger partial charge >= 0.3 is 0 Å². The highest BCUT2D eigenvalue weighted by Gasteiger charge is 2.51. The minimum atomic E-state index is -0.0232. The molecule has 0 saturated carbocycles. The van der Waals surface area contributed by atoms with E-state index in [1.54, 1.807) is 45.3 Å². The number of rotatable bonds is 48. The normalized spacial score (nSPS) is 14.6. The first kappa shape index (κ1) is 64.3. The molecule has 0 radical (unpaired) electrons. The molecule has 6 nitrogen and oxygen atoms in total. The molecule has 434 valence electrons. The van der Waals surface area contributed by atoms with Crippen LogP contribution in [0.15, 0.2) is 58.6 Å². The van der Waals surface area contributed by atoms with Crippen LogP contribution in [0, 0.1) is 11.8 Å². The molecule has 6 heterocycles. The van der Waals surface area contributed by atoms with Gasteiger partial charge in [0.05, 0.1) is 32.3 Å². The monoisotopic (exact) mass is 1140 g/mol. The van der Waals surface area contributed by atoms with Crippen molar-refractivity contribution in [1.82, 2.24) is 19.8 Å². The quantitative estimate of drug-likeness (QED) is 0.0413. The van der Waals surface area contributed by atoms with Crippen molar-refractivity contribution >= 4 is 68.6 Å². The SMILES string of the molecule is CCCCCCCCCCCCC(CCCCCCCCCC)CN1C(=O)C2=C(c3ncc(-c4cccs4)s3)N(CC(CCCCCCCCCC)CCCCCCCCCCCC)C(=O)C2=C1c1ncc(-c2cccs2)s1. The van der Waals surface area contributed by atoms with E-state index in [0.29, 0.717) is 36.1 Å². The van der Waals surface area contributed by atoms with Crippen LogP contribution >= 0.6 is 45.3 Å². The Balaban J connectivity index is 1.29. The highest BCUT2D eigenvalue weighted by atomic mass is 32.1. The summed E-state index contributed by atoms with van der Waals surface area (Å²) in [6.45, 7) is 10.4. The van der Waals surface area contributed by atoms with E-state index < -0.39 is 0 Å². The van der Waals surface area contributed by atoms with Gasteiger partial charge in [0, 0.05) is 35.2 Å². The third-order valence-electron chi connectivity index (χ3n) is 16.9. The van der Waals surface area contributed by atoms with Crippen LogP contribution in [0.3, 0.4) is 0 Å². The second kappa shape index (κ2) is 38.7. The van der Waals surface area contributed by atoms with Crippen LogP contribution in [-0.2, 0) is 9.59 Å². The fourth-order valence-corrected chi connectivity index (χ4v) is 15.8. The maximum Gasteiger partial charge on any atom is 0.261 e. The zero-order valence-electron chi connectivity index (χ0n) is 49.7. The fourth-order valence-electron chi connectivity index (χ4n) is 12.2. The number of fused-ring (bicyclic) bond motifs is 1. The predicted molar refractivity (Wildman–Crippen MR) is 342 cm³/mol. The number of hydrogen-bond donors (Lipinski definition) is 0. The molecule has 0 spiro atoms. The number of unbranched alkanes of at least 4 members (excludes halogenated alkanes) is 32. The molecule has 4 aromatic rings. The lowest BCUT2D eigenvalue weighted by Gasteiger charge is -2.29. The van der Waals surface area contributed by atoms with E-state index in [1.807, 2.05) is 12.4 Å². The van der Waals surface area contributed by atoms with Crippen molar-refractivity contribution in [2.24, 2.45) is 11.8 Å². The van der Waals surface area contributed by atoms with Gasteiger partial charge in [-0.3, -0.25) is 9.59 Å². The van der Waals surface area contributed by atoms with Crippen LogP contribution in [-0.4, -0.2) is 44.7 Å². The van der Waals surface area contributed by atoms with Crippen LogP contribution < -0.4 is 0 Å². The topological polar surface area (TPSA) is 66.4 Å². The van der Waals surface area contributed by atoms with Gasteiger partial charge in [0.1, 0.15) is 10.0 Å². The van der Waals surface area contributed by atoms with Crippen molar-refractivity contribution in [3.8, 4) is 19.5 Å². The molecule has 0 aliphatic carbocycles. The van der Waals surface area contributed by atoms with Crippen molar-refractivity contribution < 1.29 is 9.59 Å². The summed E-state index contributed by atoms with van der Waals surface area (Å²) in [5, 5.41) is 5.81. The minimum absolute atomic E-state index is 0.0232. The third-order valence-corrected chi connectivity index (χ3v) is 21.0. The van der Waals surface area contributed by atoms with E-state index in [4.69, 9.17) is 9.97 Å². The maximum absolute atomic E-state index is 15.9. The van der Waals surface area contributed by atoms with Gasteiger partial charge in [0.2, 0.25) is 0 Å². The van der Waals surface area contributed by atoms with E-state index in [9.17, 15) is 0 Å². The first-order valence-electron chi connectivity index (χ1n) is 32.6. The number of hydrogen-bond acceptors (Lipinski definition) is 8. The molecule has 2 aliphatic heterocycles. The number of nitrogens with zero attached hydrogens (tertiary/aromatic N) is 4. The molecule has 2 amide bonds. The van der Waals surface area contributed by atoms with E-state index in [2.05, 4.69) is 72.5 Å². The number of aromatic nitrogens is 2. The van der Waals surface area contributed by atoms with Gasteiger partial charge in [-0.25, -0.2) is 9.97 Å².